The van der Waals surface area contributed by atoms with Gasteiger partial charge in [-0.15, -0.1) is 0 Å². The summed E-state index contributed by atoms with van der Waals surface area (Å²) in [7, 11) is 1.95. The van der Waals surface area contributed by atoms with E-state index in [1.165, 1.54) is 6.07 Å². The van der Waals surface area contributed by atoms with Crippen molar-refractivity contribution in [1.29, 1.82) is 0 Å². The van der Waals surface area contributed by atoms with Crippen LogP contribution in [0.15, 0.2) is 42.7 Å². The van der Waals surface area contributed by atoms with Gasteiger partial charge in [-0.05, 0) is 23.8 Å². The molecule has 0 saturated carbocycles. The molecule has 1 aromatic heterocycles. The second-order valence-electron chi connectivity index (χ2n) is 4.09. The average molecular weight is 309 g/mol. The summed E-state index contributed by atoms with van der Waals surface area (Å²) in [6.45, 7) is 0.706. The van der Waals surface area contributed by atoms with E-state index in [1.807, 2.05) is 36.3 Å². The van der Waals surface area contributed by atoms with Crippen LogP contribution < -0.4 is 4.90 Å². The zero-order valence-corrected chi connectivity index (χ0v) is 11.7. The molecule has 0 amide bonds. The lowest BCUT2D eigenvalue weighted by Gasteiger charge is -2.22. The lowest BCUT2D eigenvalue weighted by molar-refractivity contribution is 0.616. The molecule has 0 aliphatic carbocycles. The first kappa shape index (κ1) is 13.0. The molecule has 0 aliphatic rings. The van der Waals surface area contributed by atoms with Crippen LogP contribution in [0.25, 0.3) is 0 Å². The van der Waals surface area contributed by atoms with Crippen LogP contribution in [0.2, 0.25) is 0 Å². The molecule has 0 spiro atoms. The Labute approximate surface area is 115 Å². The summed E-state index contributed by atoms with van der Waals surface area (Å²) in [6.07, 6.45) is 3.57. The quantitative estimate of drug-likeness (QED) is 0.800. The third kappa shape index (κ3) is 2.88. The SMILES string of the molecule is CN(Cc1cccnc1)c1cccc(F)c1CBr. The largest absolute Gasteiger partial charge is 0.370 e. The van der Waals surface area contributed by atoms with Gasteiger partial charge in [-0.25, -0.2) is 4.39 Å². The molecule has 0 bridgehead atoms. The highest BCUT2D eigenvalue weighted by Gasteiger charge is 2.11. The monoisotopic (exact) mass is 308 g/mol. The predicted octanol–water partition coefficient (Wildman–Crippen LogP) is 3.75. The number of nitrogens with zero attached hydrogens (tertiary/aromatic N) is 2. The van der Waals surface area contributed by atoms with E-state index < -0.39 is 0 Å². The molecule has 2 nitrogen and oxygen atoms in total. The molecule has 18 heavy (non-hydrogen) atoms. The first-order valence-electron chi connectivity index (χ1n) is 5.65. The van der Waals surface area contributed by atoms with E-state index in [2.05, 4.69) is 20.9 Å². The van der Waals surface area contributed by atoms with Gasteiger partial charge in [-0.2, -0.15) is 0 Å². The Bertz CT molecular complexity index is 516. The number of benzene rings is 1. The van der Waals surface area contributed by atoms with Gasteiger partial charge in [0.25, 0.3) is 0 Å². The summed E-state index contributed by atoms with van der Waals surface area (Å²) >= 11 is 3.33. The predicted molar refractivity (Wildman–Crippen MR) is 75.4 cm³/mol. The molecule has 0 unspecified atom stereocenters. The van der Waals surface area contributed by atoms with E-state index in [0.29, 0.717) is 17.4 Å². The number of aromatic nitrogens is 1. The molecule has 2 rings (SSSR count). The second kappa shape index (κ2) is 5.96. The van der Waals surface area contributed by atoms with Crippen molar-refractivity contribution in [3.63, 3.8) is 0 Å². The molecule has 0 atom stereocenters. The molecule has 1 heterocycles. The van der Waals surface area contributed by atoms with Crippen LogP contribution in [0.1, 0.15) is 11.1 Å². The number of hydrogen-bond acceptors (Lipinski definition) is 2. The molecular formula is C14H14BrFN2. The summed E-state index contributed by atoms with van der Waals surface area (Å²) in [5, 5.41) is 0.506. The normalized spacial score (nSPS) is 10.4. The van der Waals surface area contributed by atoms with E-state index >= 15 is 0 Å². The van der Waals surface area contributed by atoms with E-state index in [1.54, 1.807) is 12.3 Å². The Morgan fingerprint density at radius 2 is 2.11 bits per heavy atom. The zero-order valence-electron chi connectivity index (χ0n) is 10.1. The van der Waals surface area contributed by atoms with Crippen LogP contribution in [-0.2, 0) is 11.9 Å². The summed E-state index contributed by atoms with van der Waals surface area (Å²) in [6, 6.07) is 9.06. The average Bonchev–Trinajstić information content (AvgIpc) is 2.39. The highest BCUT2D eigenvalue weighted by molar-refractivity contribution is 9.08. The minimum atomic E-state index is -0.178. The second-order valence-corrected chi connectivity index (χ2v) is 4.65. The van der Waals surface area contributed by atoms with Gasteiger partial charge in [0.1, 0.15) is 5.82 Å². The molecule has 0 N–H and O–H groups in total. The third-order valence-corrected chi connectivity index (χ3v) is 3.34. The van der Waals surface area contributed by atoms with Crippen LogP contribution in [0.5, 0.6) is 0 Å². The number of halogens is 2. The maximum atomic E-state index is 13.7. The molecule has 0 saturated heterocycles. The van der Waals surface area contributed by atoms with Crippen LogP contribution >= 0.6 is 15.9 Å². The highest BCUT2D eigenvalue weighted by atomic mass is 79.9. The van der Waals surface area contributed by atoms with Crippen LogP contribution in [0, 0.1) is 5.82 Å². The molecule has 1 aromatic carbocycles. The van der Waals surface area contributed by atoms with Crippen molar-refractivity contribution in [1.82, 2.24) is 4.98 Å². The lowest BCUT2D eigenvalue weighted by Crippen LogP contribution is -2.18. The van der Waals surface area contributed by atoms with Crippen molar-refractivity contribution < 1.29 is 4.39 Å². The van der Waals surface area contributed by atoms with Crippen LogP contribution in [-0.4, -0.2) is 12.0 Å². The van der Waals surface area contributed by atoms with Gasteiger partial charge >= 0.3 is 0 Å². The van der Waals surface area contributed by atoms with Crippen molar-refractivity contribution in [2.45, 2.75) is 11.9 Å². The summed E-state index contributed by atoms with van der Waals surface area (Å²) in [4.78, 5) is 6.11. The Morgan fingerprint density at radius 1 is 1.28 bits per heavy atom. The first-order valence-corrected chi connectivity index (χ1v) is 6.78. The number of hydrogen-bond donors (Lipinski definition) is 0. The number of anilines is 1. The van der Waals surface area contributed by atoms with Gasteiger partial charge < -0.3 is 4.90 Å². The minimum Gasteiger partial charge on any atom is -0.370 e. The summed E-state index contributed by atoms with van der Waals surface area (Å²) in [5.41, 5.74) is 2.68. The van der Waals surface area contributed by atoms with E-state index in [9.17, 15) is 4.39 Å². The molecule has 4 heteroatoms. The highest BCUT2D eigenvalue weighted by Crippen LogP contribution is 2.25. The van der Waals surface area contributed by atoms with E-state index in [4.69, 9.17) is 0 Å². The fraction of sp³-hybridized carbons (Fsp3) is 0.214. The fourth-order valence-electron chi connectivity index (χ4n) is 1.89. The Balaban J connectivity index is 2.24. The van der Waals surface area contributed by atoms with E-state index in [0.717, 1.165) is 11.3 Å². The van der Waals surface area contributed by atoms with Gasteiger partial charge in [0.2, 0.25) is 0 Å². The third-order valence-electron chi connectivity index (χ3n) is 2.78. The van der Waals surface area contributed by atoms with Crippen LogP contribution in [0.3, 0.4) is 0 Å². The Hall–Kier alpha value is -1.42. The molecule has 0 fully saturated rings. The van der Waals surface area contributed by atoms with Crippen molar-refractivity contribution in [2.24, 2.45) is 0 Å². The summed E-state index contributed by atoms with van der Waals surface area (Å²) in [5.74, 6) is -0.178. The molecule has 0 aliphatic heterocycles. The number of pyridine rings is 1. The van der Waals surface area contributed by atoms with Gasteiger partial charge in [-0.1, -0.05) is 28.1 Å². The number of alkyl halides is 1. The molecule has 0 radical (unpaired) electrons. The minimum absolute atomic E-state index is 0.178. The Kier molecular flexibility index (Phi) is 4.31. The standard InChI is InChI=1S/C14H14BrFN2/c1-18(10-11-4-3-7-17-9-11)14-6-2-5-13(16)12(14)8-15/h2-7,9H,8,10H2,1H3. The smallest absolute Gasteiger partial charge is 0.129 e. The van der Waals surface area contributed by atoms with Crippen molar-refractivity contribution in [2.75, 3.05) is 11.9 Å². The molecular weight excluding hydrogens is 295 g/mol. The maximum Gasteiger partial charge on any atom is 0.129 e. The van der Waals surface area contributed by atoms with Crippen molar-refractivity contribution in [3.8, 4) is 0 Å². The summed E-state index contributed by atoms with van der Waals surface area (Å²) < 4.78 is 13.7. The number of rotatable bonds is 4. The molecule has 2 aromatic rings. The zero-order chi connectivity index (χ0) is 13.0. The maximum absolute atomic E-state index is 13.7. The fourth-order valence-corrected chi connectivity index (χ4v) is 2.44. The van der Waals surface area contributed by atoms with E-state index in [-0.39, 0.29) is 5.82 Å². The topological polar surface area (TPSA) is 16.1 Å². The van der Waals surface area contributed by atoms with Gasteiger partial charge in [0, 0.05) is 42.6 Å². The van der Waals surface area contributed by atoms with Crippen LogP contribution in [0.4, 0.5) is 10.1 Å². The van der Waals surface area contributed by atoms with Crippen molar-refractivity contribution in [3.05, 3.63) is 59.7 Å². The lowest BCUT2D eigenvalue weighted by atomic mass is 10.1. The van der Waals surface area contributed by atoms with Gasteiger partial charge in [0.05, 0.1) is 0 Å². The van der Waals surface area contributed by atoms with Crippen molar-refractivity contribution >= 4 is 21.6 Å². The Morgan fingerprint density at radius 3 is 2.78 bits per heavy atom. The first-order chi connectivity index (χ1) is 8.72. The molecule has 94 valence electrons. The van der Waals surface area contributed by atoms with Gasteiger partial charge in [-0.3, -0.25) is 4.98 Å². The van der Waals surface area contributed by atoms with Gasteiger partial charge in [0.15, 0.2) is 0 Å².